The fourth-order valence-corrected chi connectivity index (χ4v) is 3.36. The number of hydrogen-bond donors (Lipinski definition) is 2. The number of hydrogen-bond acceptors (Lipinski definition) is 3. The van der Waals surface area contributed by atoms with Gasteiger partial charge in [-0.1, -0.05) is 23.9 Å². The van der Waals surface area contributed by atoms with E-state index in [1.54, 1.807) is 11.8 Å². The van der Waals surface area contributed by atoms with Gasteiger partial charge in [0, 0.05) is 21.2 Å². The molecule has 0 bridgehead atoms. The SMILES string of the molecule is Cc1ccc(C)c(Sc2cc3c(cc2N)CC(=O)N3)c1. The van der Waals surface area contributed by atoms with Gasteiger partial charge in [0.2, 0.25) is 5.91 Å². The first kappa shape index (κ1) is 13.1. The first-order valence-electron chi connectivity index (χ1n) is 6.50. The van der Waals surface area contributed by atoms with E-state index in [2.05, 4.69) is 37.4 Å². The van der Waals surface area contributed by atoms with E-state index in [1.165, 1.54) is 16.0 Å². The number of nitrogens with one attached hydrogen (secondary N) is 1. The Hall–Kier alpha value is -1.94. The fourth-order valence-electron chi connectivity index (χ4n) is 2.30. The Balaban J connectivity index is 1.97. The molecule has 0 saturated carbocycles. The number of nitrogens with two attached hydrogens (primary N) is 1. The van der Waals surface area contributed by atoms with Crippen molar-refractivity contribution in [2.45, 2.75) is 30.1 Å². The molecule has 0 saturated heterocycles. The summed E-state index contributed by atoms with van der Waals surface area (Å²) in [5.41, 5.74) is 11.2. The normalized spacial score (nSPS) is 13.2. The van der Waals surface area contributed by atoms with Gasteiger partial charge in [-0.15, -0.1) is 0 Å². The third-order valence-corrected chi connectivity index (χ3v) is 4.66. The van der Waals surface area contributed by atoms with E-state index in [0.29, 0.717) is 6.42 Å². The maximum atomic E-state index is 11.4. The molecule has 2 aromatic rings. The Bertz CT molecular complexity index is 710. The minimum atomic E-state index is 0.0355. The first-order valence-corrected chi connectivity index (χ1v) is 7.32. The molecule has 1 heterocycles. The van der Waals surface area contributed by atoms with Crippen molar-refractivity contribution in [3.05, 3.63) is 47.0 Å². The zero-order chi connectivity index (χ0) is 14.3. The average Bonchev–Trinajstić information content (AvgIpc) is 2.73. The third kappa shape index (κ3) is 2.39. The molecule has 4 heteroatoms. The van der Waals surface area contributed by atoms with Gasteiger partial charge in [-0.2, -0.15) is 0 Å². The lowest BCUT2D eigenvalue weighted by atomic mass is 10.1. The van der Waals surface area contributed by atoms with Gasteiger partial charge in [0.15, 0.2) is 0 Å². The summed E-state index contributed by atoms with van der Waals surface area (Å²) in [6.45, 7) is 4.17. The van der Waals surface area contributed by atoms with Crippen molar-refractivity contribution in [2.75, 3.05) is 11.1 Å². The number of nitrogen functional groups attached to an aromatic ring is 1. The number of benzene rings is 2. The monoisotopic (exact) mass is 284 g/mol. The van der Waals surface area contributed by atoms with Gasteiger partial charge < -0.3 is 11.1 Å². The molecule has 0 atom stereocenters. The van der Waals surface area contributed by atoms with Crippen LogP contribution in [-0.2, 0) is 11.2 Å². The molecule has 0 fully saturated rings. The zero-order valence-electron chi connectivity index (χ0n) is 11.5. The van der Waals surface area contributed by atoms with Crippen LogP contribution in [0.3, 0.4) is 0 Å². The number of amides is 1. The van der Waals surface area contributed by atoms with E-state index in [9.17, 15) is 4.79 Å². The Morgan fingerprint density at radius 1 is 1.15 bits per heavy atom. The number of carbonyl (C=O) groups is 1. The maximum Gasteiger partial charge on any atom is 0.228 e. The molecule has 3 N–H and O–H groups in total. The number of anilines is 2. The van der Waals surface area contributed by atoms with Crippen LogP contribution in [0.15, 0.2) is 40.1 Å². The Labute approximate surface area is 122 Å². The molecule has 3 nitrogen and oxygen atoms in total. The molecule has 20 heavy (non-hydrogen) atoms. The molecule has 0 radical (unpaired) electrons. The topological polar surface area (TPSA) is 55.1 Å². The number of rotatable bonds is 2. The van der Waals surface area contributed by atoms with Crippen molar-refractivity contribution in [1.29, 1.82) is 0 Å². The number of carbonyl (C=O) groups excluding carboxylic acids is 1. The molecule has 3 rings (SSSR count). The molecule has 0 aromatic heterocycles. The summed E-state index contributed by atoms with van der Waals surface area (Å²) in [5.74, 6) is 0.0355. The lowest BCUT2D eigenvalue weighted by Gasteiger charge is -2.11. The minimum absolute atomic E-state index is 0.0355. The van der Waals surface area contributed by atoms with Gasteiger partial charge in [-0.05, 0) is 48.7 Å². The lowest BCUT2D eigenvalue weighted by molar-refractivity contribution is -0.115. The molecule has 1 amide bonds. The van der Waals surface area contributed by atoms with Gasteiger partial charge in [-0.25, -0.2) is 0 Å². The summed E-state index contributed by atoms with van der Waals surface area (Å²) in [4.78, 5) is 13.6. The van der Waals surface area contributed by atoms with Crippen LogP contribution in [0.2, 0.25) is 0 Å². The second kappa shape index (κ2) is 4.87. The summed E-state index contributed by atoms with van der Waals surface area (Å²) in [7, 11) is 0. The summed E-state index contributed by atoms with van der Waals surface area (Å²) >= 11 is 1.65. The summed E-state index contributed by atoms with van der Waals surface area (Å²) in [6, 6.07) is 10.3. The van der Waals surface area contributed by atoms with E-state index in [1.807, 2.05) is 12.1 Å². The Morgan fingerprint density at radius 2 is 1.95 bits per heavy atom. The molecule has 1 aliphatic rings. The first-order chi connectivity index (χ1) is 9.52. The van der Waals surface area contributed by atoms with Crippen LogP contribution in [0.5, 0.6) is 0 Å². The van der Waals surface area contributed by atoms with Crippen LogP contribution < -0.4 is 11.1 Å². The molecular formula is C16H16N2OS. The molecule has 0 aliphatic carbocycles. The van der Waals surface area contributed by atoms with Gasteiger partial charge in [0.05, 0.1) is 6.42 Å². The summed E-state index contributed by atoms with van der Waals surface area (Å²) in [6.07, 6.45) is 0.425. The summed E-state index contributed by atoms with van der Waals surface area (Å²) in [5, 5.41) is 2.87. The Morgan fingerprint density at radius 3 is 2.75 bits per heavy atom. The van der Waals surface area contributed by atoms with E-state index in [0.717, 1.165) is 21.8 Å². The fraction of sp³-hybridized carbons (Fsp3) is 0.188. The zero-order valence-corrected chi connectivity index (χ0v) is 12.3. The van der Waals surface area contributed by atoms with Crippen molar-refractivity contribution >= 4 is 29.0 Å². The Kier molecular flexibility index (Phi) is 3.18. The van der Waals surface area contributed by atoms with Gasteiger partial charge in [-0.3, -0.25) is 4.79 Å². The van der Waals surface area contributed by atoms with Gasteiger partial charge in [0.1, 0.15) is 0 Å². The highest BCUT2D eigenvalue weighted by atomic mass is 32.2. The van der Waals surface area contributed by atoms with Crippen molar-refractivity contribution < 1.29 is 4.79 Å². The van der Waals surface area contributed by atoms with Crippen molar-refractivity contribution in [3.63, 3.8) is 0 Å². The van der Waals surface area contributed by atoms with E-state index in [4.69, 9.17) is 5.73 Å². The summed E-state index contributed by atoms with van der Waals surface area (Å²) < 4.78 is 0. The standard InChI is InChI=1S/C16H16N2OS/c1-9-3-4-10(2)14(5-9)20-15-8-13-11(6-12(15)17)7-16(19)18-13/h3-6,8H,7,17H2,1-2H3,(H,18,19). The van der Waals surface area contributed by atoms with Crippen LogP contribution in [0.1, 0.15) is 16.7 Å². The van der Waals surface area contributed by atoms with Crippen molar-refractivity contribution in [3.8, 4) is 0 Å². The molecular weight excluding hydrogens is 268 g/mol. The predicted molar refractivity (Wildman–Crippen MR) is 83.2 cm³/mol. The maximum absolute atomic E-state index is 11.4. The predicted octanol–water partition coefficient (Wildman–Crippen LogP) is 3.53. The van der Waals surface area contributed by atoms with E-state index < -0.39 is 0 Å². The third-order valence-electron chi connectivity index (χ3n) is 3.42. The molecule has 2 aromatic carbocycles. The smallest absolute Gasteiger partial charge is 0.228 e. The van der Waals surface area contributed by atoms with Gasteiger partial charge >= 0.3 is 0 Å². The van der Waals surface area contributed by atoms with Crippen LogP contribution >= 0.6 is 11.8 Å². The molecule has 0 unspecified atom stereocenters. The van der Waals surface area contributed by atoms with Crippen LogP contribution in [0.25, 0.3) is 0 Å². The second-order valence-electron chi connectivity index (χ2n) is 5.14. The van der Waals surface area contributed by atoms with Crippen LogP contribution in [0.4, 0.5) is 11.4 Å². The quantitative estimate of drug-likeness (QED) is 0.829. The van der Waals surface area contributed by atoms with E-state index in [-0.39, 0.29) is 5.91 Å². The van der Waals surface area contributed by atoms with E-state index >= 15 is 0 Å². The van der Waals surface area contributed by atoms with Crippen LogP contribution in [-0.4, -0.2) is 5.91 Å². The highest BCUT2D eigenvalue weighted by Crippen LogP contribution is 2.38. The van der Waals surface area contributed by atoms with Crippen LogP contribution in [0, 0.1) is 13.8 Å². The minimum Gasteiger partial charge on any atom is -0.398 e. The second-order valence-corrected chi connectivity index (χ2v) is 6.23. The van der Waals surface area contributed by atoms with Crippen molar-refractivity contribution in [1.82, 2.24) is 0 Å². The lowest BCUT2D eigenvalue weighted by Crippen LogP contribution is -2.03. The van der Waals surface area contributed by atoms with Crippen molar-refractivity contribution in [2.24, 2.45) is 0 Å². The highest BCUT2D eigenvalue weighted by Gasteiger charge is 2.19. The largest absolute Gasteiger partial charge is 0.398 e. The average molecular weight is 284 g/mol. The molecule has 1 aliphatic heterocycles. The molecule has 0 spiro atoms. The molecule has 102 valence electrons. The number of fused-ring (bicyclic) bond motifs is 1. The number of aryl methyl sites for hydroxylation is 2. The van der Waals surface area contributed by atoms with Gasteiger partial charge in [0.25, 0.3) is 0 Å². The highest BCUT2D eigenvalue weighted by molar-refractivity contribution is 7.99.